The molecule has 0 aromatic carbocycles. The lowest BCUT2D eigenvalue weighted by Crippen LogP contribution is -2.08. The maximum absolute atomic E-state index is 6.45. The predicted octanol–water partition coefficient (Wildman–Crippen LogP) is 4.97. The molecule has 1 aromatic heterocycles. The number of nitrogens with two attached hydrogens (primary N) is 1. The van der Waals surface area contributed by atoms with Crippen molar-refractivity contribution in [2.75, 3.05) is 5.73 Å². The van der Waals surface area contributed by atoms with E-state index in [1.54, 1.807) is 0 Å². The molecule has 2 N–H and O–H groups in total. The summed E-state index contributed by atoms with van der Waals surface area (Å²) < 4.78 is 2.41. The summed E-state index contributed by atoms with van der Waals surface area (Å²) >= 11 is 0. The van der Waals surface area contributed by atoms with Gasteiger partial charge in [0.25, 0.3) is 0 Å². The number of nitrogens with zero attached hydrogens (tertiary/aromatic N) is 2. The SMILES string of the molecule is CCCCCCCc1nc(C2CCCC2)n(C2CC2)c1N. The van der Waals surface area contributed by atoms with Crippen molar-refractivity contribution in [3.8, 4) is 0 Å². The van der Waals surface area contributed by atoms with Crippen LogP contribution in [0, 0.1) is 0 Å². The molecule has 0 saturated heterocycles. The summed E-state index contributed by atoms with van der Waals surface area (Å²) in [5.74, 6) is 3.01. The van der Waals surface area contributed by atoms with Crippen LogP contribution in [-0.2, 0) is 6.42 Å². The number of hydrogen-bond donors (Lipinski definition) is 1. The molecule has 0 amide bonds. The Morgan fingerprint density at radius 1 is 1.05 bits per heavy atom. The van der Waals surface area contributed by atoms with Crippen molar-refractivity contribution >= 4 is 5.82 Å². The fourth-order valence-corrected chi connectivity index (χ4v) is 3.78. The van der Waals surface area contributed by atoms with Crippen LogP contribution in [0.1, 0.15) is 101 Å². The topological polar surface area (TPSA) is 43.8 Å². The zero-order valence-electron chi connectivity index (χ0n) is 13.6. The zero-order valence-corrected chi connectivity index (χ0v) is 13.6. The van der Waals surface area contributed by atoms with Gasteiger partial charge in [-0.3, -0.25) is 0 Å². The Kier molecular flexibility index (Phi) is 4.87. The highest BCUT2D eigenvalue weighted by molar-refractivity contribution is 5.40. The molecule has 0 atom stereocenters. The van der Waals surface area contributed by atoms with Crippen molar-refractivity contribution < 1.29 is 0 Å². The predicted molar refractivity (Wildman–Crippen MR) is 88.6 cm³/mol. The molecule has 3 heteroatoms. The molecule has 1 aromatic rings. The van der Waals surface area contributed by atoms with Gasteiger partial charge in [-0.2, -0.15) is 0 Å². The lowest BCUT2D eigenvalue weighted by molar-refractivity contribution is 0.595. The van der Waals surface area contributed by atoms with E-state index in [4.69, 9.17) is 10.7 Å². The van der Waals surface area contributed by atoms with E-state index < -0.39 is 0 Å². The van der Waals surface area contributed by atoms with Crippen LogP contribution in [0.5, 0.6) is 0 Å². The van der Waals surface area contributed by atoms with E-state index in [-0.39, 0.29) is 0 Å². The first-order valence-electron chi connectivity index (χ1n) is 9.17. The summed E-state index contributed by atoms with van der Waals surface area (Å²) in [7, 11) is 0. The van der Waals surface area contributed by atoms with Crippen LogP contribution in [0.2, 0.25) is 0 Å². The maximum atomic E-state index is 6.45. The molecule has 3 nitrogen and oxygen atoms in total. The van der Waals surface area contributed by atoms with Gasteiger partial charge in [-0.05, 0) is 38.5 Å². The second-order valence-corrected chi connectivity index (χ2v) is 7.05. The Bertz CT molecular complexity index is 453. The summed E-state index contributed by atoms with van der Waals surface area (Å²) in [5.41, 5.74) is 7.65. The van der Waals surface area contributed by atoms with Crippen LogP contribution in [0.4, 0.5) is 5.82 Å². The summed E-state index contributed by atoms with van der Waals surface area (Å²) in [5, 5.41) is 0. The van der Waals surface area contributed by atoms with Crippen LogP contribution >= 0.6 is 0 Å². The van der Waals surface area contributed by atoms with Gasteiger partial charge in [-0.15, -0.1) is 0 Å². The van der Waals surface area contributed by atoms with E-state index in [1.165, 1.54) is 82.1 Å². The molecular weight excluding hydrogens is 258 g/mol. The lowest BCUT2D eigenvalue weighted by atomic mass is 10.1. The molecule has 2 aliphatic carbocycles. The normalized spacial score (nSPS) is 19.5. The third-order valence-electron chi connectivity index (χ3n) is 5.20. The van der Waals surface area contributed by atoms with Gasteiger partial charge in [0.2, 0.25) is 0 Å². The molecule has 118 valence electrons. The molecule has 0 radical (unpaired) electrons. The minimum absolute atomic E-state index is 0.668. The number of aryl methyl sites for hydroxylation is 1. The van der Waals surface area contributed by atoms with Crippen molar-refractivity contribution in [2.24, 2.45) is 0 Å². The smallest absolute Gasteiger partial charge is 0.127 e. The molecular formula is C18H31N3. The van der Waals surface area contributed by atoms with Gasteiger partial charge in [0, 0.05) is 12.0 Å². The van der Waals surface area contributed by atoms with E-state index >= 15 is 0 Å². The molecule has 2 aliphatic rings. The molecule has 1 heterocycles. The summed E-state index contributed by atoms with van der Waals surface area (Å²) in [6, 6.07) is 0.668. The van der Waals surface area contributed by atoms with Crippen LogP contribution in [0.25, 0.3) is 0 Å². The number of hydrogen-bond acceptors (Lipinski definition) is 2. The largest absolute Gasteiger partial charge is 0.384 e. The Hall–Kier alpha value is -0.990. The summed E-state index contributed by atoms with van der Waals surface area (Å²) in [6.45, 7) is 2.27. The van der Waals surface area contributed by atoms with E-state index in [0.29, 0.717) is 12.0 Å². The van der Waals surface area contributed by atoms with Crippen molar-refractivity contribution in [1.82, 2.24) is 9.55 Å². The van der Waals surface area contributed by atoms with E-state index in [2.05, 4.69) is 11.5 Å². The minimum atomic E-state index is 0.668. The van der Waals surface area contributed by atoms with Crippen LogP contribution in [0.3, 0.4) is 0 Å². The van der Waals surface area contributed by atoms with Gasteiger partial charge >= 0.3 is 0 Å². The quantitative estimate of drug-likeness (QED) is 0.687. The van der Waals surface area contributed by atoms with Gasteiger partial charge in [0.15, 0.2) is 0 Å². The third-order valence-corrected chi connectivity index (χ3v) is 5.20. The molecule has 3 rings (SSSR count). The van der Waals surface area contributed by atoms with Crippen molar-refractivity contribution in [2.45, 2.75) is 95.9 Å². The maximum Gasteiger partial charge on any atom is 0.127 e. The zero-order chi connectivity index (χ0) is 14.7. The molecule has 2 saturated carbocycles. The van der Waals surface area contributed by atoms with Crippen LogP contribution in [-0.4, -0.2) is 9.55 Å². The number of imidazole rings is 1. The van der Waals surface area contributed by atoms with Crippen molar-refractivity contribution in [3.63, 3.8) is 0 Å². The lowest BCUT2D eigenvalue weighted by Gasteiger charge is -2.12. The van der Waals surface area contributed by atoms with Gasteiger partial charge < -0.3 is 10.3 Å². The average Bonchev–Trinajstić information content (AvgIpc) is 3.06. The number of unbranched alkanes of at least 4 members (excludes halogenated alkanes) is 4. The highest BCUT2D eigenvalue weighted by Gasteiger charge is 2.33. The summed E-state index contributed by atoms with van der Waals surface area (Å²) in [4.78, 5) is 5.01. The van der Waals surface area contributed by atoms with Crippen molar-refractivity contribution in [1.29, 1.82) is 0 Å². The Morgan fingerprint density at radius 2 is 1.76 bits per heavy atom. The monoisotopic (exact) mass is 289 g/mol. The molecule has 0 spiro atoms. The van der Waals surface area contributed by atoms with E-state index in [1.807, 2.05) is 0 Å². The number of aromatic nitrogens is 2. The standard InChI is InChI=1S/C18H31N3/c1-2-3-4-5-6-11-16-17(19)21(15-12-13-15)18(20-16)14-9-7-8-10-14/h14-15H,2-13,19H2,1H3. The first kappa shape index (κ1) is 14.9. The summed E-state index contributed by atoms with van der Waals surface area (Å²) in [6.07, 6.45) is 15.7. The van der Waals surface area contributed by atoms with Crippen LogP contribution in [0.15, 0.2) is 0 Å². The van der Waals surface area contributed by atoms with Gasteiger partial charge in [-0.1, -0.05) is 45.4 Å². The Balaban J connectivity index is 1.67. The number of anilines is 1. The molecule has 2 fully saturated rings. The fourth-order valence-electron chi connectivity index (χ4n) is 3.78. The first-order chi connectivity index (χ1) is 10.3. The fraction of sp³-hybridized carbons (Fsp3) is 0.833. The second-order valence-electron chi connectivity index (χ2n) is 7.05. The first-order valence-corrected chi connectivity index (χ1v) is 9.17. The molecule has 21 heavy (non-hydrogen) atoms. The van der Waals surface area contributed by atoms with E-state index in [9.17, 15) is 0 Å². The van der Waals surface area contributed by atoms with E-state index in [0.717, 1.165) is 12.2 Å². The Labute approximate surface area is 129 Å². The van der Waals surface area contributed by atoms with Crippen LogP contribution < -0.4 is 5.73 Å². The van der Waals surface area contributed by atoms with Crippen molar-refractivity contribution in [3.05, 3.63) is 11.5 Å². The molecule has 0 aliphatic heterocycles. The Morgan fingerprint density at radius 3 is 2.43 bits per heavy atom. The average molecular weight is 289 g/mol. The highest BCUT2D eigenvalue weighted by atomic mass is 15.2. The number of rotatable bonds is 8. The van der Waals surface area contributed by atoms with Gasteiger partial charge in [-0.25, -0.2) is 4.98 Å². The van der Waals surface area contributed by atoms with Gasteiger partial charge in [0.05, 0.1) is 5.69 Å². The molecule has 0 bridgehead atoms. The van der Waals surface area contributed by atoms with Gasteiger partial charge in [0.1, 0.15) is 11.6 Å². The highest BCUT2D eigenvalue weighted by Crippen LogP contribution is 2.43. The minimum Gasteiger partial charge on any atom is -0.384 e. The third kappa shape index (κ3) is 3.44. The number of nitrogen functional groups attached to an aromatic ring is 1. The molecule has 0 unspecified atom stereocenters. The second kappa shape index (κ2) is 6.85.